The van der Waals surface area contributed by atoms with Gasteiger partial charge in [-0.2, -0.15) is 0 Å². The zero-order chi connectivity index (χ0) is 19.7. The molecule has 5 nitrogen and oxygen atoms in total. The molecule has 2 fully saturated rings. The highest BCUT2D eigenvalue weighted by molar-refractivity contribution is 5.94. The van der Waals surface area contributed by atoms with E-state index in [0.717, 1.165) is 31.2 Å². The molecule has 3 atom stereocenters. The van der Waals surface area contributed by atoms with Gasteiger partial charge in [0.05, 0.1) is 18.8 Å². The average molecular weight is 381 g/mol. The molecule has 0 radical (unpaired) electrons. The normalized spacial score (nSPS) is 27.1. The van der Waals surface area contributed by atoms with E-state index in [1.54, 1.807) is 12.1 Å². The number of phenols is 1. The summed E-state index contributed by atoms with van der Waals surface area (Å²) in [6, 6.07) is 14.3. The fourth-order valence-corrected chi connectivity index (χ4v) is 4.95. The quantitative estimate of drug-likeness (QED) is 0.846. The molecule has 1 saturated heterocycles. The van der Waals surface area contributed by atoms with Gasteiger partial charge in [-0.05, 0) is 49.1 Å². The molecular weight excluding hydrogens is 354 g/mol. The molecular formula is C23H27NO4. The summed E-state index contributed by atoms with van der Waals surface area (Å²) in [6.45, 7) is 0.509. The molecule has 4 rings (SSSR count). The number of hydrogen-bond acceptors (Lipinski definition) is 4. The topological polar surface area (TPSA) is 70.0 Å². The van der Waals surface area contributed by atoms with Crippen molar-refractivity contribution in [1.82, 2.24) is 4.90 Å². The van der Waals surface area contributed by atoms with Gasteiger partial charge in [0.25, 0.3) is 5.91 Å². The van der Waals surface area contributed by atoms with Gasteiger partial charge in [0, 0.05) is 18.0 Å². The standard InChI is InChI=1S/C23H27NO4/c1-28-20-15-17(10-11-19(20)25)21-18-9-5-6-12-23(18,27)13-14-24(21)22(26)16-7-3-2-4-8-16/h2-4,7-8,10-11,15,18,21,25,27H,5-6,9,12-14H2,1H3/t18-,21+,23+/m1/s1. The van der Waals surface area contributed by atoms with Crippen LogP contribution in [0.1, 0.15) is 54.1 Å². The van der Waals surface area contributed by atoms with Crippen molar-refractivity contribution in [3.05, 3.63) is 59.7 Å². The number of carbonyl (C=O) groups is 1. The van der Waals surface area contributed by atoms with E-state index in [2.05, 4.69) is 0 Å². The molecule has 1 heterocycles. The number of likely N-dealkylation sites (tertiary alicyclic amines) is 1. The predicted octanol–water partition coefficient (Wildman–Crippen LogP) is 3.91. The van der Waals surface area contributed by atoms with Crippen molar-refractivity contribution in [3.63, 3.8) is 0 Å². The lowest BCUT2D eigenvalue weighted by Crippen LogP contribution is -2.56. The first-order chi connectivity index (χ1) is 13.5. The van der Waals surface area contributed by atoms with Crippen LogP contribution in [0.25, 0.3) is 0 Å². The van der Waals surface area contributed by atoms with Crippen molar-refractivity contribution in [2.75, 3.05) is 13.7 Å². The number of carbonyl (C=O) groups excluding carboxylic acids is 1. The molecule has 148 valence electrons. The Balaban J connectivity index is 1.78. The molecule has 1 saturated carbocycles. The molecule has 2 aromatic rings. The van der Waals surface area contributed by atoms with Crippen LogP contribution in [0, 0.1) is 5.92 Å². The van der Waals surface area contributed by atoms with Gasteiger partial charge >= 0.3 is 0 Å². The molecule has 28 heavy (non-hydrogen) atoms. The van der Waals surface area contributed by atoms with Crippen LogP contribution >= 0.6 is 0 Å². The molecule has 5 heteroatoms. The van der Waals surface area contributed by atoms with Crippen LogP contribution in [0.2, 0.25) is 0 Å². The minimum atomic E-state index is -0.749. The summed E-state index contributed by atoms with van der Waals surface area (Å²) in [6.07, 6.45) is 4.32. The van der Waals surface area contributed by atoms with E-state index in [1.165, 1.54) is 7.11 Å². The molecule has 1 aliphatic carbocycles. The third-order valence-electron chi connectivity index (χ3n) is 6.39. The zero-order valence-electron chi connectivity index (χ0n) is 16.2. The van der Waals surface area contributed by atoms with E-state index < -0.39 is 5.60 Å². The van der Waals surface area contributed by atoms with Crippen LogP contribution in [0.4, 0.5) is 0 Å². The van der Waals surface area contributed by atoms with Gasteiger partial charge in [-0.1, -0.05) is 37.1 Å². The van der Waals surface area contributed by atoms with Crippen LogP contribution < -0.4 is 4.74 Å². The van der Waals surface area contributed by atoms with Gasteiger partial charge in [-0.3, -0.25) is 4.79 Å². The molecule has 0 bridgehead atoms. The average Bonchev–Trinajstić information content (AvgIpc) is 2.73. The molecule has 2 N–H and O–H groups in total. The van der Waals surface area contributed by atoms with Crippen molar-refractivity contribution < 1.29 is 19.7 Å². The van der Waals surface area contributed by atoms with Crippen LogP contribution in [-0.2, 0) is 0 Å². The number of phenolic OH excluding ortho intramolecular Hbond substituents is 1. The summed E-state index contributed by atoms with van der Waals surface area (Å²) in [7, 11) is 1.52. The second-order valence-electron chi connectivity index (χ2n) is 7.95. The highest BCUT2D eigenvalue weighted by atomic mass is 16.5. The van der Waals surface area contributed by atoms with Crippen molar-refractivity contribution in [2.45, 2.75) is 43.7 Å². The third kappa shape index (κ3) is 3.24. The van der Waals surface area contributed by atoms with Gasteiger partial charge in [0.15, 0.2) is 11.5 Å². The van der Waals surface area contributed by atoms with Crippen molar-refractivity contribution in [3.8, 4) is 11.5 Å². The number of nitrogens with zero attached hydrogens (tertiary/aromatic N) is 1. The van der Waals surface area contributed by atoms with Gasteiger partial charge in [0.2, 0.25) is 0 Å². The van der Waals surface area contributed by atoms with E-state index in [9.17, 15) is 15.0 Å². The Hall–Kier alpha value is -2.53. The lowest BCUT2D eigenvalue weighted by Gasteiger charge is -2.52. The van der Waals surface area contributed by atoms with Gasteiger partial charge in [0.1, 0.15) is 0 Å². The van der Waals surface area contributed by atoms with E-state index in [0.29, 0.717) is 24.3 Å². The fraction of sp³-hybridized carbons (Fsp3) is 0.435. The van der Waals surface area contributed by atoms with Gasteiger partial charge < -0.3 is 19.8 Å². The number of piperidine rings is 1. The maximum Gasteiger partial charge on any atom is 0.254 e. The van der Waals surface area contributed by atoms with Crippen molar-refractivity contribution >= 4 is 5.91 Å². The van der Waals surface area contributed by atoms with E-state index >= 15 is 0 Å². The van der Waals surface area contributed by atoms with Crippen molar-refractivity contribution in [2.24, 2.45) is 5.92 Å². The minimum Gasteiger partial charge on any atom is -0.504 e. The Morgan fingerprint density at radius 3 is 2.68 bits per heavy atom. The Morgan fingerprint density at radius 2 is 1.93 bits per heavy atom. The Bertz CT molecular complexity index is 853. The zero-order valence-corrected chi connectivity index (χ0v) is 16.2. The molecule has 2 aliphatic rings. The summed E-state index contributed by atoms with van der Waals surface area (Å²) < 4.78 is 5.30. The van der Waals surface area contributed by atoms with Crippen LogP contribution in [0.3, 0.4) is 0 Å². The number of benzene rings is 2. The first-order valence-electron chi connectivity index (χ1n) is 9.99. The first-order valence-corrected chi connectivity index (χ1v) is 9.99. The minimum absolute atomic E-state index is 0.0229. The maximum absolute atomic E-state index is 13.3. The highest BCUT2D eigenvalue weighted by Crippen LogP contribution is 2.50. The smallest absolute Gasteiger partial charge is 0.254 e. The summed E-state index contributed by atoms with van der Waals surface area (Å²) in [5.41, 5.74) is 0.796. The molecule has 1 aliphatic heterocycles. The van der Waals surface area contributed by atoms with E-state index in [1.807, 2.05) is 41.3 Å². The van der Waals surface area contributed by atoms with E-state index in [-0.39, 0.29) is 23.6 Å². The largest absolute Gasteiger partial charge is 0.504 e. The summed E-state index contributed by atoms with van der Waals surface area (Å²) in [5.74, 6) is 0.401. The lowest BCUT2D eigenvalue weighted by molar-refractivity contribution is -0.115. The van der Waals surface area contributed by atoms with Gasteiger partial charge in [-0.25, -0.2) is 0 Å². The number of rotatable bonds is 3. The van der Waals surface area contributed by atoms with Crippen LogP contribution in [0.5, 0.6) is 11.5 Å². The van der Waals surface area contributed by atoms with Gasteiger partial charge in [-0.15, -0.1) is 0 Å². The summed E-state index contributed by atoms with van der Waals surface area (Å²) in [5, 5.41) is 21.4. The summed E-state index contributed by atoms with van der Waals surface area (Å²) in [4.78, 5) is 15.2. The number of hydrogen-bond donors (Lipinski definition) is 2. The maximum atomic E-state index is 13.3. The number of amides is 1. The van der Waals surface area contributed by atoms with Crippen LogP contribution in [0.15, 0.2) is 48.5 Å². The molecule has 0 spiro atoms. The summed E-state index contributed by atoms with van der Waals surface area (Å²) >= 11 is 0. The molecule has 0 unspecified atom stereocenters. The van der Waals surface area contributed by atoms with E-state index in [4.69, 9.17) is 4.74 Å². The Kier molecular flexibility index (Phi) is 5.02. The number of aromatic hydroxyl groups is 1. The number of fused-ring (bicyclic) bond motifs is 1. The number of ether oxygens (including phenoxy) is 1. The Morgan fingerprint density at radius 1 is 1.14 bits per heavy atom. The third-order valence-corrected chi connectivity index (χ3v) is 6.39. The monoisotopic (exact) mass is 381 g/mol. The first kappa shape index (κ1) is 18.8. The Labute approximate surface area is 165 Å². The number of methoxy groups -OCH3 is 1. The second-order valence-corrected chi connectivity index (χ2v) is 7.95. The highest BCUT2D eigenvalue weighted by Gasteiger charge is 2.50. The predicted molar refractivity (Wildman–Crippen MR) is 106 cm³/mol. The molecule has 0 aromatic heterocycles. The second kappa shape index (κ2) is 7.47. The molecule has 1 amide bonds. The lowest BCUT2D eigenvalue weighted by atomic mass is 9.66. The van der Waals surface area contributed by atoms with Crippen LogP contribution in [-0.4, -0.2) is 40.3 Å². The SMILES string of the molecule is COc1cc([C@H]2[C@H]3CCCC[C@]3(O)CCN2C(=O)c2ccccc2)ccc1O. The molecule has 2 aromatic carbocycles. The fourth-order valence-electron chi connectivity index (χ4n) is 4.95. The number of aliphatic hydroxyl groups is 1. The van der Waals surface area contributed by atoms with Crippen molar-refractivity contribution in [1.29, 1.82) is 0 Å².